The predicted octanol–water partition coefficient (Wildman–Crippen LogP) is 2.53. The number of anilines is 1. The summed E-state index contributed by atoms with van der Waals surface area (Å²) in [5.74, 6) is 0.647. The second-order valence-corrected chi connectivity index (χ2v) is 5.33. The topological polar surface area (TPSA) is 83.4 Å². The van der Waals surface area contributed by atoms with Crippen LogP contribution < -0.4 is 15.4 Å². The number of ether oxygens (including phenoxy) is 2. The quantitative estimate of drug-likeness (QED) is 0.787. The number of hydrogen-bond donors (Lipinski definition) is 2. The van der Waals surface area contributed by atoms with E-state index in [0.29, 0.717) is 18.8 Å². The molecule has 114 valence electrons. The maximum Gasteiger partial charge on any atom is 0.407 e. The average molecular weight is 291 g/mol. The summed E-state index contributed by atoms with van der Waals surface area (Å²) in [4.78, 5) is 11.4. The van der Waals surface area contributed by atoms with E-state index in [1.54, 1.807) is 12.1 Å². The van der Waals surface area contributed by atoms with Crippen LogP contribution in [-0.4, -0.2) is 31.4 Å². The van der Waals surface area contributed by atoms with Crippen LogP contribution in [0.4, 0.5) is 10.5 Å². The molecule has 21 heavy (non-hydrogen) atoms. The van der Waals surface area contributed by atoms with Gasteiger partial charge in [0.2, 0.25) is 0 Å². The summed E-state index contributed by atoms with van der Waals surface area (Å²) in [5.41, 5.74) is 0.418. The smallest absolute Gasteiger partial charge is 0.407 e. The van der Waals surface area contributed by atoms with Crippen LogP contribution in [0.3, 0.4) is 0 Å². The SMILES string of the molecule is CC(C)(C)OC(=O)NCCNc1ccc(OCC#N)cc1. The lowest BCUT2D eigenvalue weighted by atomic mass is 10.2. The Balaban J connectivity index is 2.24. The molecule has 0 saturated carbocycles. The zero-order valence-corrected chi connectivity index (χ0v) is 12.6. The number of alkyl carbamates (subject to hydrolysis) is 1. The molecule has 1 aromatic rings. The first kappa shape index (κ1) is 16.6. The van der Waals surface area contributed by atoms with Crippen LogP contribution in [-0.2, 0) is 4.74 Å². The number of amides is 1. The van der Waals surface area contributed by atoms with Gasteiger partial charge in [0, 0.05) is 18.8 Å². The maximum atomic E-state index is 11.4. The molecule has 1 rings (SSSR count). The van der Waals surface area contributed by atoms with Crippen LogP contribution in [0, 0.1) is 11.3 Å². The van der Waals surface area contributed by atoms with Gasteiger partial charge in [-0.1, -0.05) is 0 Å². The van der Waals surface area contributed by atoms with Crippen LogP contribution in [0.15, 0.2) is 24.3 Å². The molecule has 0 aliphatic carbocycles. The highest BCUT2D eigenvalue weighted by Gasteiger charge is 2.15. The van der Waals surface area contributed by atoms with Gasteiger partial charge < -0.3 is 20.1 Å². The van der Waals surface area contributed by atoms with Crippen molar-refractivity contribution in [2.45, 2.75) is 26.4 Å². The number of nitrogens with one attached hydrogen (secondary N) is 2. The van der Waals surface area contributed by atoms with E-state index < -0.39 is 11.7 Å². The summed E-state index contributed by atoms with van der Waals surface area (Å²) in [6.45, 7) is 6.54. The Morgan fingerprint density at radius 2 is 1.90 bits per heavy atom. The van der Waals surface area contributed by atoms with E-state index in [4.69, 9.17) is 14.7 Å². The lowest BCUT2D eigenvalue weighted by Crippen LogP contribution is -2.34. The van der Waals surface area contributed by atoms with Crippen LogP contribution in [0.5, 0.6) is 5.75 Å². The number of hydrogen-bond acceptors (Lipinski definition) is 5. The van der Waals surface area contributed by atoms with Gasteiger partial charge in [-0.3, -0.25) is 0 Å². The zero-order valence-electron chi connectivity index (χ0n) is 12.6. The standard InChI is InChI=1S/C15H21N3O3/c1-15(2,3)21-14(19)18-10-9-17-12-4-6-13(7-5-12)20-11-8-16/h4-7,17H,9-11H2,1-3H3,(H,18,19). The molecule has 0 heterocycles. The number of carbonyl (C=O) groups is 1. The fourth-order valence-corrected chi connectivity index (χ4v) is 1.47. The van der Waals surface area contributed by atoms with Gasteiger partial charge >= 0.3 is 6.09 Å². The lowest BCUT2D eigenvalue weighted by Gasteiger charge is -2.19. The minimum atomic E-state index is -0.489. The van der Waals surface area contributed by atoms with Crippen LogP contribution >= 0.6 is 0 Å². The van der Waals surface area contributed by atoms with Gasteiger partial charge in [-0.2, -0.15) is 5.26 Å². The van der Waals surface area contributed by atoms with Crippen molar-refractivity contribution < 1.29 is 14.3 Å². The van der Waals surface area contributed by atoms with Crippen molar-refractivity contribution in [3.8, 4) is 11.8 Å². The van der Waals surface area contributed by atoms with Crippen LogP contribution in [0.2, 0.25) is 0 Å². The molecule has 0 fully saturated rings. The van der Waals surface area contributed by atoms with Crippen molar-refractivity contribution in [1.29, 1.82) is 5.26 Å². The Morgan fingerprint density at radius 3 is 2.48 bits per heavy atom. The second kappa shape index (κ2) is 8.00. The Hall–Kier alpha value is -2.42. The molecule has 1 amide bonds. The maximum absolute atomic E-state index is 11.4. The molecular formula is C15H21N3O3. The van der Waals surface area contributed by atoms with E-state index in [9.17, 15) is 4.79 Å². The van der Waals surface area contributed by atoms with Crippen molar-refractivity contribution in [1.82, 2.24) is 5.32 Å². The molecule has 0 aliphatic rings. The first-order valence-corrected chi connectivity index (χ1v) is 6.71. The van der Waals surface area contributed by atoms with Crippen molar-refractivity contribution >= 4 is 11.8 Å². The normalized spacial score (nSPS) is 10.4. The summed E-state index contributed by atoms with van der Waals surface area (Å²) in [6.07, 6.45) is -0.426. The summed E-state index contributed by atoms with van der Waals surface area (Å²) in [7, 11) is 0. The van der Waals surface area contributed by atoms with E-state index >= 15 is 0 Å². The number of nitrogens with zero attached hydrogens (tertiary/aromatic N) is 1. The fourth-order valence-electron chi connectivity index (χ4n) is 1.47. The zero-order chi connectivity index (χ0) is 15.7. The fraction of sp³-hybridized carbons (Fsp3) is 0.467. The Kier molecular flexibility index (Phi) is 6.34. The molecule has 0 atom stereocenters. The summed E-state index contributed by atoms with van der Waals surface area (Å²) >= 11 is 0. The lowest BCUT2D eigenvalue weighted by molar-refractivity contribution is 0.0530. The Labute approximate surface area is 125 Å². The molecular weight excluding hydrogens is 270 g/mol. The van der Waals surface area contributed by atoms with Crippen LogP contribution in [0.25, 0.3) is 0 Å². The summed E-state index contributed by atoms with van der Waals surface area (Å²) in [6, 6.07) is 9.16. The molecule has 0 spiro atoms. The van der Waals surface area contributed by atoms with E-state index in [1.165, 1.54) is 0 Å². The van der Waals surface area contributed by atoms with E-state index in [1.807, 2.05) is 39.0 Å². The molecule has 0 aromatic heterocycles. The Bertz CT molecular complexity index is 486. The monoisotopic (exact) mass is 291 g/mol. The third-order valence-corrected chi connectivity index (χ3v) is 2.28. The highest BCUT2D eigenvalue weighted by Crippen LogP contribution is 2.15. The molecule has 6 nitrogen and oxygen atoms in total. The van der Waals surface area contributed by atoms with E-state index in [-0.39, 0.29) is 6.61 Å². The number of benzene rings is 1. The highest BCUT2D eigenvalue weighted by molar-refractivity contribution is 5.67. The van der Waals surface area contributed by atoms with Gasteiger partial charge in [-0.05, 0) is 45.0 Å². The molecule has 6 heteroatoms. The number of rotatable bonds is 6. The minimum absolute atomic E-state index is 0.0343. The molecule has 0 unspecified atom stereocenters. The van der Waals surface area contributed by atoms with Gasteiger partial charge in [0.05, 0.1) is 0 Å². The van der Waals surface area contributed by atoms with Crippen molar-refractivity contribution in [3.63, 3.8) is 0 Å². The molecule has 2 N–H and O–H groups in total. The molecule has 1 aromatic carbocycles. The number of nitriles is 1. The Morgan fingerprint density at radius 1 is 1.24 bits per heavy atom. The van der Waals surface area contributed by atoms with Gasteiger partial charge in [-0.15, -0.1) is 0 Å². The molecule has 0 aliphatic heterocycles. The molecule has 0 radical (unpaired) electrons. The van der Waals surface area contributed by atoms with Gasteiger partial charge in [0.25, 0.3) is 0 Å². The van der Waals surface area contributed by atoms with Gasteiger partial charge in [0.15, 0.2) is 6.61 Å². The van der Waals surface area contributed by atoms with Gasteiger partial charge in [-0.25, -0.2) is 4.79 Å². The van der Waals surface area contributed by atoms with Crippen molar-refractivity contribution in [2.24, 2.45) is 0 Å². The minimum Gasteiger partial charge on any atom is -0.479 e. The highest BCUT2D eigenvalue weighted by atomic mass is 16.6. The van der Waals surface area contributed by atoms with Gasteiger partial charge in [0.1, 0.15) is 17.4 Å². The van der Waals surface area contributed by atoms with Crippen molar-refractivity contribution in [2.75, 3.05) is 25.0 Å². The van der Waals surface area contributed by atoms with Crippen LogP contribution in [0.1, 0.15) is 20.8 Å². The third kappa shape index (κ3) is 7.67. The summed E-state index contributed by atoms with van der Waals surface area (Å²) in [5, 5.41) is 14.2. The first-order chi connectivity index (χ1) is 9.90. The van der Waals surface area contributed by atoms with E-state index in [0.717, 1.165) is 5.69 Å². The first-order valence-electron chi connectivity index (χ1n) is 6.71. The largest absolute Gasteiger partial charge is 0.479 e. The molecule has 0 saturated heterocycles. The second-order valence-electron chi connectivity index (χ2n) is 5.33. The molecule has 0 bridgehead atoms. The summed E-state index contributed by atoms with van der Waals surface area (Å²) < 4.78 is 10.3. The van der Waals surface area contributed by atoms with E-state index in [2.05, 4.69) is 10.6 Å². The third-order valence-electron chi connectivity index (χ3n) is 2.28. The predicted molar refractivity (Wildman–Crippen MR) is 80.3 cm³/mol. The average Bonchev–Trinajstić information content (AvgIpc) is 2.41. The number of carbonyl (C=O) groups excluding carboxylic acids is 1. The van der Waals surface area contributed by atoms with Crippen molar-refractivity contribution in [3.05, 3.63) is 24.3 Å².